The molecule has 2 aromatic rings. The maximum Gasteiger partial charge on any atom is 0.137 e. The molecule has 1 saturated heterocycles. The summed E-state index contributed by atoms with van der Waals surface area (Å²) in [4.78, 5) is 7.66. The van der Waals surface area contributed by atoms with Gasteiger partial charge in [0.05, 0.1) is 11.7 Å². The van der Waals surface area contributed by atoms with Gasteiger partial charge in [-0.05, 0) is 111 Å². The minimum atomic E-state index is 0.0319. The van der Waals surface area contributed by atoms with Crippen LogP contribution in [-0.2, 0) is 6.42 Å². The predicted octanol–water partition coefficient (Wildman–Crippen LogP) is 7.47. The highest BCUT2D eigenvalue weighted by Gasteiger charge is 2.30. The van der Waals surface area contributed by atoms with Crippen molar-refractivity contribution in [3.8, 4) is 11.8 Å². The molecule has 2 aromatic carbocycles. The van der Waals surface area contributed by atoms with E-state index in [1.54, 1.807) is 0 Å². The fourth-order valence-corrected chi connectivity index (χ4v) is 5.57. The van der Waals surface area contributed by atoms with Crippen molar-refractivity contribution in [1.82, 2.24) is 4.90 Å². The lowest BCUT2D eigenvalue weighted by Gasteiger charge is -2.32. The van der Waals surface area contributed by atoms with Gasteiger partial charge < -0.3 is 4.74 Å². The van der Waals surface area contributed by atoms with Gasteiger partial charge in [-0.3, -0.25) is 9.89 Å². The number of nitrogens with zero attached hydrogens (tertiary/aromatic N) is 3. The third kappa shape index (κ3) is 5.68. The van der Waals surface area contributed by atoms with Gasteiger partial charge in [0.15, 0.2) is 0 Å². The zero-order chi connectivity index (χ0) is 24.8. The molecule has 184 valence electrons. The maximum absolute atomic E-state index is 9.64. The van der Waals surface area contributed by atoms with E-state index >= 15 is 0 Å². The number of ether oxygens (including phenoxy) is 1. The second-order valence-corrected chi connectivity index (χ2v) is 9.95. The molecule has 1 heterocycles. The predicted molar refractivity (Wildman–Crippen MR) is 145 cm³/mol. The first-order valence-electron chi connectivity index (χ1n) is 13.4. The van der Waals surface area contributed by atoms with Crippen LogP contribution in [0.5, 0.6) is 5.75 Å². The van der Waals surface area contributed by atoms with Crippen molar-refractivity contribution < 1.29 is 4.74 Å². The molecule has 4 heteroatoms. The Morgan fingerprint density at radius 3 is 2.63 bits per heavy atom. The van der Waals surface area contributed by atoms with E-state index in [4.69, 9.17) is 9.73 Å². The van der Waals surface area contributed by atoms with Crippen LogP contribution in [0.4, 0.5) is 0 Å². The molecular weight excluding hydrogens is 430 g/mol. The van der Waals surface area contributed by atoms with Crippen LogP contribution < -0.4 is 4.74 Å². The van der Waals surface area contributed by atoms with Crippen LogP contribution in [0.3, 0.4) is 0 Å². The van der Waals surface area contributed by atoms with Crippen molar-refractivity contribution in [3.63, 3.8) is 0 Å². The van der Waals surface area contributed by atoms with Gasteiger partial charge in [-0.2, -0.15) is 5.26 Å². The normalized spacial score (nSPS) is 19.0. The van der Waals surface area contributed by atoms with E-state index in [-0.39, 0.29) is 6.10 Å². The zero-order valence-corrected chi connectivity index (χ0v) is 21.8. The highest BCUT2D eigenvalue weighted by molar-refractivity contribution is 6.01. The summed E-state index contributed by atoms with van der Waals surface area (Å²) in [5.41, 5.74) is 8.23. The fourth-order valence-electron chi connectivity index (χ4n) is 5.57. The summed E-state index contributed by atoms with van der Waals surface area (Å²) in [7, 11) is 0. The molecule has 0 spiro atoms. The standard InChI is InChI=1S/C31H39N3O/c1-5-23(21-33-29(6-2)24-13-16-31(35-22(3)4)25(19-24)20-32)26-11-10-12-28-27(26)14-15-30(28)34-17-8-7-9-18-34/h10-13,16,19,21-22,30H,5-9,14-15,17-18H2,1-4H3. The van der Waals surface area contributed by atoms with E-state index in [9.17, 15) is 5.26 Å². The quantitative estimate of drug-likeness (QED) is 0.377. The molecule has 1 aliphatic heterocycles. The first-order valence-corrected chi connectivity index (χ1v) is 13.4. The Labute approximate surface area is 211 Å². The third-order valence-electron chi connectivity index (χ3n) is 7.30. The minimum Gasteiger partial charge on any atom is -0.490 e. The molecule has 35 heavy (non-hydrogen) atoms. The molecule has 2 aliphatic rings. The van der Waals surface area contributed by atoms with Crippen molar-refractivity contribution in [2.45, 2.75) is 84.8 Å². The number of fused-ring (bicyclic) bond motifs is 1. The van der Waals surface area contributed by atoms with Gasteiger partial charge in [0.25, 0.3) is 0 Å². The van der Waals surface area contributed by atoms with E-state index in [1.165, 1.54) is 61.0 Å². The third-order valence-corrected chi connectivity index (χ3v) is 7.30. The first kappa shape index (κ1) is 25.2. The Balaban J connectivity index is 1.63. The summed E-state index contributed by atoms with van der Waals surface area (Å²) in [6, 6.07) is 15.5. The number of hydrogen-bond acceptors (Lipinski definition) is 4. The SMILES string of the molecule is CCC(=CN=C(CC)c1ccc(OC(C)C)c(C#N)c1)c1cccc2c1CCC2N1CCCCC1. The van der Waals surface area contributed by atoms with Gasteiger partial charge >= 0.3 is 0 Å². The van der Waals surface area contributed by atoms with E-state index in [1.807, 2.05) is 32.0 Å². The molecule has 0 amide bonds. The van der Waals surface area contributed by atoms with Crippen molar-refractivity contribution in [1.29, 1.82) is 5.26 Å². The summed E-state index contributed by atoms with van der Waals surface area (Å²) in [6.07, 6.45) is 10.3. The first-order chi connectivity index (χ1) is 17.0. The number of aliphatic imine (C=N–C) groups is 1. The number of likely N-dealkylation sites (tertiary alicyclic amines) is 1. The van der Waals surface area contributed by atoms with Crippen molar-refractivity contribution in [2.24, 2.45) is 4.99 Å². The van der Waals surface area contributed by atoms with Crippen LogP contribution in [-0.4, -0.2) is 29.8 Å². The molecule has 1 atom stereocenters. The van der Waals surface area contributed by atoms with Crippen molar-refractivity contribution in [3.05, 3.63) is 70.4 Å². The molecule has 1 fully saturated rings. The van der Waals surface area contributed by atoms with Crippen LogP contribution in [0.2, 0.25) is 0 Å². The summed E-state index contributed by atoms with van der Waals surface area (Å²) >= 11 is 0. The molecule has 4 rings (SSSR count). The smallest absolute Gasteiger partial charge is 0.137 e. The Bertz CT molecular complexity index is 1130. The molecule has 1 unspecified atom stereocenters. The highest BCUT2D eigenvalue weighted by atomic mass is 16.5. The highest BCUT2D eigenvalue weighted by Crippen LogP contribution is 2.40. The fraction of sp³-hybridized carbons (Fsp3) is 0.484. The van der Waals surface area contributed by atoms with E-state index < -0.39 is 0 Å². The molecule has 1 aliphatic carbocycles. The summed E-state index contributed by atoms with van der Waals surface area (Å²) < 4.78 is 5.80. The van der Waals surface area contributed by atoms with Crippen LogP contribution >= 0.6 is 0 Å². The van der Waals surface area contributed by atoms with Gasteiger partial charge in [0, 0.05) is 18.0 Å². The van der Waals surface area contributed by atoms with E-state index in [0.717, 1.165) is 30.5 Å². The van der Waals surface area contributed by atoms with Gasteiger partial charge in [-0.1, -0.05) is 38.5 Å². The average molecular weight is 470 g/mol. The average Bonchev–Trinajstić information content (AvgIpc) is 3.32. The lowest BCUT2D eigenvalue weighted by molar-refractivity contribution is 0.163. The molecule has 4 nitrogen and oxygen atoms in total. The summed E-state index contributed by atoms with van der Waals surface area (Å²) in [6.45, 7) is 10.8. The molecule has 0 N–H and O–H groups in total. The van der Waals surface area contributed by atoms with Crippen LogP contribution in [0, 0.1) is 11.3 Å². The van der Waals surface area contributed by atoms with Crippen molar-refractivity contribution in [2.75, 3.05) is 13.1 Å². The Kier molecular flexibility index (Phi) is 8.42. The number of rotatable bonds is 8. The van der Waals surface area contributed by atoms with Gasteiger partial charge in [0.1, 0.15) is 11.8 Å². The van der Waals surface area contributed by atoms with Gasteiger partial charge in [0.2, 0.25) is 0 Å². The minimum absolute atomic E-state index is 0.0319. The second-order valence-electron chi connectivity index (χ2n) is 9.95. The van der Waals surface area contributed by atoms with Gasteiger partial charge in [-0.25, -0.2) is 0 Å². The lowest BCUT2D eigenvalue weighted by atomic mass is 9.94. The maximum atomic E-state index is 9.64. The van der Waals surface area contributed by atoms with E-state index in [0.29, 0.717) is 17.4 Å². The van der Waals surface area contributed by atoms with Gasteiger partial charge in [-0.15, -0.1) is 0 Å². The summed E-state index contributed by atoms with van der Waals surface area (Å²) in [5, 5.41) is 9.64. The second kappa shape index (κ2) is 11.7. The molecular formula is C31H39N3O. The summed E-state index contributed by atoms with van der Waals surface area (Å²) in [5.74, 6) is 0.634. The van der Waals surface area contributed by atoms with Crippen molar-refractivity contribution >= 4 is 11.3 Å². The number of allylic oxidation sites excluding steroid dienone is 1. The largest absolute Gasteiger partial charge is 0.490 e. The van der Waals surface area contributed by atoms with Crippen LogP contribution in [0.1, 0.15) is 100 Å². The Hall–Kier alpha value is -2.90. The molecule has 0 saturated carbocycles. The molecule has 0 bridgehead atoms. The van der Waals surface area contributed by atoms with E-state index in [2.05, 4.69) is 49.2 Å². The van der Waals surface area contributed by atoms with Crippen LogP contribution in [0.15, 0.2) is 47.6 Å². The zero-order valence-electron chi connectivity index (χ0n) is 21.8. The number of hydrogen-bond donors (Lipinski definition) is 0. The Morgan fingerprint density at radius 2 is 1.94 bits per heavy atom. The molecule has 0 radical (unpaired) electrons. The molecule has 0 aromatic heterocycles. The topological polar surface area (TPSA) is 48.6 Å². The van der Waals surface area contributed by atoms with Crippen LogP contribution in [0.25, 0.3) is 5.57 Å². The number of benzene rings is 2. The monoisotopic (exact) mass is 469 g/mol. The Morgan fingerprint density at radius 1 is 1.14 bits per heavy atom. The number of nitriles is 1. The lowest BCUT2D eigenvalue weighted by Crippen LogP contribution is -2.32. The number of piperidine rings is 1.